The van der Waals surface area contributed by atoms with Crippen LogP contribution in [0.5, 0.6) is 0 Å². The molecule has 4 N–H and O–H groups in total. The zero-order valence-corrected chi connectivity index (χ0v) is 4.88. The minimum absolute atomic E-state index is 0.153. The number of aliphatic hydroxyl groups excluding tert-OH is 2. The van der Waals surface area contributed by atoms with Crippen LogP contribution in [0.25, 0.3) is 0 Å². The molecule has 0 aliphatic carbocycles. The highest BCUT2D eigenvalue weighted by molar-refractivity contribution is 4.51. The molecule has 0 aliphatic heterocycles. The largest absolute Gasteiger partial charge is 0.394 e. The van der Waals surface area contributed by atoms with E-state index in [1.54, 1.807) is 0 Å². The Morgan fingerprint density at radius 2 is 2.12 bits per heavy atom. The molecule has 0 saturated heterocycles. The molecule has 0 bridgehead atoms. The Morgan fingerprint density at radius 3 is 2.50 bits per heavy atom. The fourth-order valence-corrected chi connectivity index (χ4v) is 0.445. The summed E-state index contributed by atoms with van der Waals surface area (Å²) in [7, 11) is 0. The molecular formula is C5H13NO2. The van der Waals surface area contributed by atoms with Gasteiger partial charge in [0.2, 0.25) is 0 Å². The van der Waals surface area contributed by atoms with Crippen molar-refractivity contribution in [2.45, 2.75) is 18.9 Å². The van der Waals surface area contributed by atoms with Gasteiger partial charge >= 0.3 is 0 Å². The molecule has 0 spiro atoms. The molecule has 0 radical (unpaired) electrons. The Labute approximate surface area is 49.1 Å². The maximum atomic E-state index is 8.68. The van der Waals surface area contributed by atoms with Crippen LogP contribution >= 0.6 is 0 Å². The van der Waals surface area contributed by atoms with Crippen molar-refractivity contribution in [3.8, 4) is 0 Å². The summed E-state index contributed by atoms with van der Waals surface area (Å²) in [5.74, 6) is 0. The van der Waals surface area contributed by atoms with Gasteiger partial charge in [-0.2, -0.15) is 0 Å². The monoisotopic (exact) mass is 119 g/mol. The van der Waals surface area contributed by atoms with Crippen molar-refractivity contribution >= 4 is 0 Å². The van der Waals surface area contributed by atoms with Gasteiger partial charge in [-0.15, -0.1) is 0 Å². The van der Waals surface area contributed by atoms with Crippen molar-refractivity contribution < 1.29 is 10.2 Å². The molecule has 0 saturated carbocycles. The van der Waals surface area contributed by atoms with Gasteiger partial charge in [0.1, 0.15) is 0 Å². The lowest BCUT2D eigenvalue weighted by Gasteiger charge is -2.02. The first-order valence-electron chi connectivity index (χ1n) is 2.80. The lowest BCUT2D eigenvalue weighted by Crippen LogP contribution is -2.13. The molecule has 1 atom stereocenters. The van der Waals surface area contributed by atoms with Gasteiger partial charge in [0.05, 0.1) is 12.7 Å². The highest BCUT2D eigenvalue weighted by atomic mass is 16.3. The molecule has 0 aromatic rings. The van der Waals surface area contributed by atoms with Gasteiger partial charge in [0, 0.05) is 0 Å². The molecule has 0 aliphatic rings. The van der Waals surface area contributed by atoms with Gasteiger partial charge in [-0.1, -0.05) is 0 Å². The van der Waals surface area contributed by atoms with E-state index >= 15 is 0 Å². The number of hydrogen-bond donors (Lipinski definition) is 3. The second-order valence-electron chi connectivity index (χ2n) is 1.77. The van der Waals surface area contributed by atoms with Crippen LogP contribution in [0.2, 0.25) is 0 Å². The van der Waals surface area contributed by atoms with Gasteiger partial charge in [0.15, 0.2) is 0 Å². The van der Waals surface area contributed by atoms with E-state index < -0.39 is 6.10 Å². The molecule has 0 heterocycles. The summed E-state index contributed by atoms with van der Waals surface area (Å²) in [6, 6.07) is 0. The fourth-order valence-electron chi connectivity index (χ4n) is 0.445. The van der Waals surface area contributed by atoms with E-state index in [0.29, 0.717) is 13.0 Å². The first-order valence-corrected chi connectivity index (χ1v) is 2.80. The highest BCUT2D eigenvalue weighted by Gasteiger charge is 1.97. The van der Waals surface area contributed by atoms with Crippen LogP contribution in [0.4, 0.5) is 0 Å². The minimum Gasteiger partial charge on any atom is -0.394 e. The predicted octanol–water partition coefficient (Wildman–Crippen LogP) is -0.921. The Hall–Kier alpha value is -0.120. The molecule has 8 heavy (non-hydrogen) atoms. The maximum Gasteiger partial charge on any atom is 0.0771 e. The van der Waals surface area contributed by atoms with E-state index in [1.807, 2.05) is 0 Å². The molecule has 0 aromatic heterocycles. The summed E-state index contributed by atoms with van der Waals surface area (Å²) in [5, 5.41) is 17.0. The van der Waals surface area contributed by atoms with Crippen LogP contribution in [0.1, 0.15) is 12.8 Å². The molecule has 3 nitrogen and oxygen atoms in total. The third-order valence-electron chi connectivity index (χ3n) is 0.952. The van der Waals surface area contributed by atoms with Gasteiger partial charge < -0.3 is 15.9 Å². The summed E-state index contributed by atoms with van der Waals surface area (Å²) >= 11 is 0. The molecular weight excluding hydrogens is 106 g/mol. The van der Waals surface area contributed by atoms with Crippen LogP contribution in [0, 0.1) is 0 Å². The summed E-state index contributed by atoms with van der Waals surface area (Å²) in [6.07, 6.45) is 0.813. The predicted molar refractivity (Wildman–Crippen MR) is 31.4 cm³/mol. The van der Waals surface area contributed by atoms with E-state index in [4.69, 9.17) is 15.9 Å². The normalized spacial score (nSPS) is 13.9. The number of hydrogen-bond acceptors (Lipinski definition) is 3. The SMILES string of the molecule is NCCC[C@H](O)CO. The van der Waals surface area contributed by atoms with E-state index in [9.17, 15) is 0 Å². The summed E-state index contributed by atoms with van der Waals surface area (Å²) in [5.41, 5.74) is 5.14. The third kappa shape index (κ3) is 4.05. The Kier molecular flexibility index (Phi) is 4.95. The minimum atomic E-state index is -0.571. The molecule has 0 fully saturated rings. The van der Waals surface area contributed by atoms with Crippen molar-refractivity contribution in [2.24, 2.45) is 5.73 Å². The fraction of sp³-hybridized carbons (Fsp3) is 1.00. The standard InChI is InChI=1S/C5H13NO2/c6-3-1-2-5(8)4-7/h5,7-8H,1-4,6H2/t5-/m0/s1. The van der Waals surface area contributed by atoms with Crippen molar-refractivity contribution in [2.75, 3.05) is 13.2 Å². The third-order valence-corrected chi connectivity index (χ3v) is 0.952. The Morgan fingerprint density at radius 1 is 1.50 bits per heavy atom. The highest BCUT2D eigenvalue weighted by Crippen LogP contribution is 1.92. The average molecular weight is 119 g/mol. The van der Waals surface area contributed by atoms with Crippen molar-refractivity contribution in [1.82, 2.24) is 0 Å². The van der Waals surface area contributed by atoms with E-state index in [2.05, 4.69) is 0 Å². The van der Waals surface area contributed by atoms with Gasteiger partial charge in [-0.25, -0.2) is 0 Å². The lowest BCUT2D eigenvalue weighted by molar-refractivity contribution is 0.0871. The number of rotatable bonds is 4. The van der Waals surface area contributed by atoms with Crippen molar-refractivity contribution in [3.63, 3.8) is 0 Å². The van der Waals surface area contributed by atoms with Crippen LogP contribution < -0.4 is 5.73 Å². The van der Waals surface area contributed by atoms with Crippen LogP contribution in [0.15, 0.2) is 0 Å². The molecule has 0 amide bonds. The maximum absolute atomic E-state index is 8.68. The van der Waals surface area contributed by atoms with E-state index in [0.717, 1.165) is 6.42 Å². The molecule has 0 unspecified atom stereocenters. The Bertz CT molecular complexity index is 49.7. The quantitative estimate of drug-likeness (QED) is 0.448. The van der Waals surface area contributed by atoms with Gasteiger partial charge in [-0.05, 0) is 19.4 Å². The van der Waals surface area contributed by atoms with Gasteiger partial charge in [-0.3, -0.25) is 0 Å². The molecule has 3 heteroatoms. The van der Waals surface area contributed by atoms with Crippen LogP contribution in [0.3, 0.4) is 0 Å². The first kappa shape index (κ1) is 7.88. The summed E-state index contributed by atoms with van der Waals surface area (Å²) in [6.45, 7) is 0.428. The molecule has 50 valence electrons. The molecule has 0 aromatic carbocycles. The number of nitrogens with two attached hydrogens (primary N) is 1. The van der Waals surface area contributed by atoms with E-state index in [1.165, 1.54) is 0 Å². The van der Waals surface area contributed by atoms with Crippen LogP contribution in [-0.4, -0.2) is 29.5 Å². The second kappa shape index (κ2) is 5.03. The zero-order valence-electron chi connectivity index (χ0n) is 4.88. The number of aliphatic hydroxyl groups is 2. The zero-order chi connectivity index (χ0) is 6.41. The first-order chi connectivity index (χ1) is 3.81. The molecule has 0 rings (SSSR count). The van der Waals surface area contributed by atoms with Crippen LogP contribution in [-0.2, 0) is 0 Å². The lowest BCUT2D eigenvalue weighted by atomic mass is 10.2. The summed E-state index contributed by atoms with van der Waals surface area (Å²) in [4.78, 5) is 0. The van der Waals surface area contributed by atoms with Crippen molar-refractivity contribution in [3.05, 3.63) is 0 Å². The average Bonchev–Trinajstić information content (AvgIpc) is 1.83. The summed E-state index contributed by atoms with van der Waals surface area (Å²) < 4.78 is 0. The van der Waals surface area contributed by atoms with E-state index in [-0.39, 0.29) is 6.61 Å². The van der Waals surface area contributed by atoms with Crippen molar-refractivity contribution in [1.29, 1.82) is 0 Å². The Balaban J connectivity index is 2.86. The topological polar surface area (TPSA) is 66.5 Å². The smallest absolute Gasteiger partial charge is 0.0771 e. The van der Waals surface area contributed by atoms with Gasteiger partial charge in [0.25, 0.3) is 0 Å². The second-order valence-corrected chi connectivity index (χ2v) is 1.77.